The van der Waals surface area contributed by atoms with Crippen LogP contribution in [0.15, 0.2) is 54.6 Å². The zero-order valence-electron chi connectivity index (χ0n) is 16.4. The molecule has 2 nitrogen and oxygen atoms in total. The van der Waals surface area contributed by atoms with E-state index in [0.29, 0.717) is 5.56 Å². The van der Waals surface area contributed by atoms with Crippen LogP contribution >= 0.6 is 0 Å². The van der Waals surface area contributed by atoms with Crippen molar-refractivity contribution < 1.29 is 13.2 Å². The Hall–Kier alpha value is -2.95. The fraction of sp³-hybridized carbons (Fsp3) is 0.217. The van der Waals surface area contributed by atoms with Crippen molar-refractivity contribution in [3.05, 3.63) is 71.3 Å². The molecule has 0 saturated carbocycles. The molecule has 3 rings (SSSR count). The normalized spacial score (nSPS) is 11.5. The van der Waals surface area contributed by atoms with Gasteiger partial charge in [-0.05, 0) is 71.5 Å². The van der Waals surface area contributed by atoms with Crippen molar-refractivity contribution in [1.29, 1.82) is 0 Å². The quantitative estimate of drug-likeness (QED) is 0.537. The summed E-state index contributed by atoms with van der Waals surface area (Å²) in [4.78, 5) is 2.03. The summed E-state index contributed by atoms with van der Waals surface area (Å²) in [5, 5.41) is 0. The van der Waals surface area contributed by atoms with Crippen LogP contribution in [-0.4, -0.2) is 14.1 Å². The van der Waals surface area contributed by atoms with E-state index in [1.807, 2.05) is 57.1 Å². The van der Waals surface area contributed by atoms with Crippen molar-refractivity contribution in [2.24, 2.45) is 0 Å². The van der Waals surface area contributed by atoms with Crippen molar-refractivity contribution in [2.45, 2.75) is 20.0 Å². The molecule has 0 unspecified atom stereocenters. The number of rotatable bonds is 3. The molecule has 2 N–H and O–H groups in total. The van der Waals surface area contributed by atoms with Crippen molar-refractivity contribution in [3.63, 3.8) is 0 Å². The fourth-order valence-electron chi connectivity index (χ4n) is 3.35. The molecule has 0 radical (unpaired) electrons. The molecule has 0 spiro atoms. The van der Waals surface area contributed by atoms with E-state index < -0.39 is 11.7 Å². The largest absolute Gasteiger partial charge is 0.418 e. The number of hydrogen-bond acceptors (Lipinski definition) is 2. The first-order valence-corrected chi connectivity index (χ1v) is 8.94. The van der Waals surface area contributed by atoms with Crippen LogP contribution in [0.2, 0.25) is 0 Å². The third kappa shape index (κ3) is 3.84. The highest BCUT2D eigenvalue weighted by atomic mass is 19.4. The zero-order chi connectivity index (χ0) is 20.6. The van der Waals surface area contributed by atoms with Gasteiger partial charge in [0, 0.05) is 25.5 Å². The van der Waals surface area contributed by atoms with Gasteiger partial charge < -0.3 is 10.6 Å². The zero-order valence-corrected chi connectivity index (χ0v) is 16.4. The smallest absolute Gasteiger partial charge is 0.398 e. The predicted molar refractivity (Wildman–Crippen MR) is 111 cm³/mol. The van der Waals surface area contributed by atoms with Crippen molar-refractivity contribution in [1.82, 2.24) is 0 Å². The monoisotopic (exact) mass is 384 g/mol. The minimum absolute atomic E-state index is 0.261. The number of hydrogen-bond donors (Lipinski definition) is 1. The number of aryl methyl sites for hydroxylation is 2. The van der Waals surface area contributed by atoms with Gasteiger partial charge in [-0.25, -0.2) is 0 Å². The lowest BCUT2D eigenvalue weighted by atomic mass is 9.91. The Morgan fingerprint density at radius 1 is 0.750 bits per heavy atom. The highest BCUT2D eigenvalue weighted by Crippen LogP contribution is 2.38. The van der Waals surface area contributed by atoms with E-state index in [1.54, 1.807) is 6.07 Å². The molecular weight excluding hydrogens is 361 g/mol. The molecule has 28 heavy (non-hydrogen) atoms. The SMILES string of the molecule is Cc1cc(-c2ccc(N)c(C(F)(F)F)c2)c(C)cc1-c1ccc(N(C)C)cc1. The second kappa shape index (κ2) is 7.23. The number of nitrogens with two attached hydrogens (primary N) is 1. The molecule has 0 saturated heterocycles. The summed E-state index contributed by atoms with van der Waals surface area (Å²) in [7, 11) is 3.97. The lowest BCUT2D eigenvalue weighted by Crippen LogP contribution is -2.09. The van der Waals surface area contributed by atoms with E-state index in [1.165, 1.54) is 6.07 Å². The maximum Gasteiger partial charge on any atom is 0.418 e. The minimum atomic E-state index is -4.48. The molecule has 0 aliphatic heterocycles. The number of anilines is 2. The third-order valence-corrected chi connectivity index (χ3v) is 4.94. The van der Waals surface area contributed by atoms with Crippen LogP contribution in [0.1, 0.15) is 16.7 Å². The summed E-state index contributed by atoms with van der Waals surface area (Å²) in [6, 6.07) is 16.3. The Kier molecular flexibility index (Phi) is 5.11. The maximum absolute atomic E-state index is 13.2. The van der Waals surface area contributed by atoms with Crippen LogP contribution in [0.4, 0.5) is 24.5 Å². The molecule has 3 aromatic carbocycles. The highest BCUT2D eigenvalue weighted by molar-refractivity contribution is 5.78. The molecule has 146 valence electrons. The summed E-state index contributed by atoms with van der Waals surface area (Å²) in [5.74, 6) is 0. The second-order valence-electron chi connectivity index (χ2n) is 7.22. The van der Waals surface area contributed by atoms with Gasteiger partial charge in [-0.2, -0.15) is 13.2 Å². The number of nitrogens with zero attached hydrogens (tertiary/aromatic N) is 1. The molecule has 0 bridgehead atoms. The molecular formula is C23H23F3N2. The van der Waals surface area contributed by atoms with Crippen LogP contribution in [0.5, 0.6) is 0 Å². The van der Waals surface area contributed by atoms with Crippen LogP contribution in [-0.2, 0) is 6.18 Å². The van der Waals surface area contributed by atoms with Gasteiger partial charge in [-0.1, -0.05) is 30.3 Å². The molecule has 0 atom stereocenters. The highest BCUT2D eigenvalue weighted by Gasteiger charge is 2.33. The van der Waals surface area contributed by atoms with E-state index in [4.69, 9.17) is 5.73 Å². The van der Waals surface area contributed by atoms with Crippen LogP contribution in [0, 0.1) is 13.8 Å². The van der Waals surface area contributed by atoms with E-state index >= 15 is 0 Å². The van der Waals surface area contributed by atoms with E-state index in [9.17, 15) is 13.2 Å². The van der Waals surface area contributed by atoms with Crippen LogP contribution < -0.4 is 10.6 Å². The Bertz CT molecular complexity index is 1000. The first-order valence-electron chi connectivity index (χ1n) is 8.94. The summed E-state index contributed by atoms with van der Waals surface area (Å²) in [5.41, 5.74) is 10.9. The van der Waals surface area contributed by atoms with Crippen LogP contribution in [0.25, 0.3) is 22.3 Å². The van der Waals surface area contributed by atoms with Gasteiger partial charge >= 0.3 is 6.18 Å². The Balaban J connectivity index is 2.06. The Morgan fingerprint density at radius 3 is 1.75 bits per heavy atom. The van der Waals surface area contributed by atoms with Crippen molar-refractivity contribution in [3.8, 4) is 22.3 Å². The molecule has 0 aliphatic carbocycles. The average Bonchev–Trinajstić information content (AvgIpc) is 2.63. The van der Waals surface area contributed by atoms with Gasteiger partial charge in [0.25, 0.3) is 0 Å². The van der Waals surface area contributed by atoms with Crippen molar-refractivity contribution >= 4 is 11.4 Å². The molecule has 3 aromatic rings. The molecule has 0 fully saturated rings. The lowest BCUT2D eigenvalue weighted by Gasteiger charge is -2.17. The first-order chi connectivity index (χ1) is 13.1. The fourth-order valence-corrected chi connectivity index (χ4v) is 3.35. The summed E-state index contributed by atoms with van der Waals surface area (Å²) < 4.78 is 39.6. The van der Waals surface area contributed by atoms with Gasteiger partial charge in [0.15, 0.2) is 0 Å². The lowest BCUT2D eigenvalue weighted by molar-refractivity contribution is -0.136. The number of alkyl halides is 3. The number of benzene rings is 3. The summed E-state index contributed by atoms with van der Waals surface area (Å²) in [6.45, 7) is 3.89. The Labute approximate surface area is 163 Å². The first kappa shape index (κ1) is 19.8. The molecule has 0 amide bonds. The second-order valence-corrected chi connectivity index (χ2v) is 7.22. The summed E-state index contributed by atoms with van der Waals surface area (Å²) >= 11 is 0. The van der Waals surface area contributed by atoms with Gasteiger partial charge in [0.2, 0.25) is 0 Å². The topological polar surface area (TPSA) is 29.3 Å². The minimum Gasteiger partial charge on any atom is -0.398 e. The van der Waals surface area contributed by atoms with Gasteiger partial charge in [-0.15, -0.1) is 0 Å². The Morgan fingerprint density at radius 2 is 1.25 bits per heavy atom. The van der Waals surface area contributed by atoms with E-state index in [2.05, 4.69) is 12.1 Å². The van der Waals surface area contributed by atoms with Gasteiger partial charge in [0.1, 0.15) is 0 Å². The molecule has 5 heteroatoms. The maximum atomic E-state index is 13.2. The third-order valence-electron chi connectivity index (χ3n) is 4.94. The average molecular weight is 384 g/mol. The van der Waals surface area contributed by atoms with Crippen molar-refractivity contribution in [2.75, 3.05) is 24.7 Å². The number of halogens is 3. The predicted octanol–water partition coefficient (Wildman–Crippen LogP) is 6.30. The van der Waals surface area contributed by atoms with Gasteiger partial charge in [0.05, 0.1) is 5.56 Å². The molecule has 0 aliphatic rings. The van der Waals surface area contributed by atoms with Gasteiger partial charge in [-0.3, -0.25) is 0 Å². The van der Waals surface area contributed by atoms with E-state index in [0.717, 1.165) is 39.6 Å². The van der Waals surface area contributed by atoms with Crippen LogP contribution in [0.3, 0.4) is 0 Å². The molecule has 0 heterocycles. The number of nitrogen functional groups attached to an aromatic ring is 1. The summed E-state index contributed by atoms with van der Waals surface area (Å²) in [6.07, 6.45) is -4.48. The van der Waals surface area contributed by atoms with E-state index in [-0.39, 0.29) is 5.69 Å². The standard InChI is InChI=1S/C23H23F3N2/c1-14-12-20(17-7-10-22(27)21(13-17)23(24,25)26)15(2)11-19(14)16-5-8-18(9-6-16)28(3)4/h5-13H,27H2,1-4H3. The molecule has 0 aromatic heterocycles.